The highest BCUT2D eigenvalue weighted by molar-refractivity contribution is 7.20. The number of halogens is 1. The van der Waals surface area contributed by atoms with Gasteiger partial charge in [-0.25, -0.2) is 9.78 Å². The number of nitrogens with one attached hydrogen (secondary N) is 1. The largest absolute Gasteiger partial charge is 0.494 e. The monoisotopic (exact) mass is 432 g/mol. The number of nitrogens with zero attached hydrogens (tertiary/aromatic N) is 1. The van der Waals surface area contributed by atoms with Crippen LogP contribution in [0.4, 0.5) is 0 Å². The van der Waals surface area contributed by atoms with Gasteiger partial charge in [-0.05, 0) is 49.6 Å². The van der Waals surface area contributed by atoms with Gasteiger partial charge >= 0.3 is 5.97 Å². The minimum absolute atomic E-state index is 0.243. The van der Waals surface area contributed by atoms with Crippen molar-refractivity contribution in [2.24, 2.45) is 0 Å². The summed E-state index contributed by atoms with van der Waals surface area (Å²) in [5.41, 5.74) is 1.06. The molecule has 1 N–H and O–H groups in total. The molecule has 0 atom stereocenters. The Bertz CT molecular complexity index is 1120. The number of hydrogen-bond acceptors (Lipinski definition) is 6. The number of carbonyl (C=O) groups is 1. The molecule has 3 rings (SSSR count). The SMILES string of the molecule is CCCOc1ccc(/C=C(\Cl)c2nc3sc(C(=O)OCC)c(C)c3c(=O)[nH]2)cc1. The van der Waals surface area contributed by atoms with Crippen LogP contribution in [0.1, 0.15) is 46.9 Å². The zero-order chi connectivity index (χ0) is 21.0. The van der Waals surface area contributed by atoms with Crippen molar-refractivity contribution in [3.8, 4) is 5.75 Å². The molecule has 152 valence electrons. The molecule has 0 unspecified atom stereocenters. The third-order valence-electron chi connectivity index (χ3n) is 4.13. The summed E-state index contributed by atoms with van der Waals surface area (Å²) in [5.74, 6) is 0.571. The first-order valence-corrected chi connectivity index (χ1v) is 10.4. The molecule has 2 heterocycles. The van der Waals surface area contributed by atoms with Crippen LogP contribution in [0.2, 0.25) is 0 Å². The lowest BCUT2D eigenvalue weighted by molar-refractivity contribution is 0.0531. The van der Waals surface area contributed by atoms with E-state index in [1.54, 1.807) is 19.9 Å². The number of aromatic nitrogens is 2. The van der Waals surface area contributed by atoms with Crippen molar-refractivity contribution in [1.29, 1.82) is 0 Å². The Morgan fingerprint density at radius 3 is 2.66 bits per heavy atom. The van der Waals surface area contributed by atoms with Crippen LogP contribution in [0.5, 0.6) is 5.75 Å². The van der Waals surface area contributed by atoms with Gasteiger partial charge in [0, 0.05) is 0 Å². The van der Waals surface area contributed by atoms with Crippen LogP contribution in [0.3, 0.4) is 0 Å². The molecule has 0 aliphatic rings. The quantitative estimate of drug-likeness (QED) is 0.531. The Morgan fingerprint density at radius 1 is 1.28 bits per heavy atom. The number of hydrogen-bond donors (Lipinski definition) is 1. The second-order valence-electron chi connectivity index (χ2n) is 6.28. The van der Waals surface area contributed by atoms with Crippen LogP contribution in [0.15, 0.2) is 29.1 Å². The lowest BCUT2D eigenvalue weighted by Gasteiger charge is -2.04. The molecular formula is C21H21ClN2O4S. The zero-order valence-corrected chi connectivity index (χ0v) is 17.9. The third-order valence-corrected chi connectivity index (χ3v) is 5.59. The van der Waals surface area contributed by atoms with E-state index in [1.165, 1.54) is 0 Å². The van der Waals surface area contributed by atoms with E-state index in [4.69, 9.17) is 21.1 Å². The average molecular weight is 433 g/mol. The fourth-order valence-corrected chi connectivity index (χ4v) is 4.03. The van der Waals surface area contributed by atoms with Gasteiger partial charge in [-0.15, -0.1) is 11.3 Å². The maximum atomic E-state index is 12.6. The van der Waals surface area contributed by atoms with Gasteiger partial charge in [0.15, 0.2) is 5.82 Å². The van der Waals surface area contributed by atoms with Crippen LogP contribution in [0.25, 0.3) is 21.3 Å². The minimum atomic E-state index is -0.457. The molecule has 0 aliphatic carbocycles. The Kier molecular flexibility index (Phi) is 6.71. The number of carbonyl (C=O) groups excluding carboxylic acids is 1. The molecular weight excluding hydrogens is 412 g/mol. The number of aryl methyl sites for hydroxylation is 1. The van der Waals surface area contributed by atoms with Gasteiger partial charge in [-0.3, -0.25) is 4.79 Å². The second-order valence-corrected chi connectivity index (χ2v) is 7.69. The maximum Gasteiger partial charge on any atom is 0.348 e. The van der Waals surface area contributed by atoms with E-state index < -0.39 is 5.97 Å². The Balaban J connectivity index is 1.93. The lowest BCUT2D eigenvalue weighted by atomic mass is 10.2. The number of fused-ring (bicyclic) bond motifs is 1. The molecule has 0 saturated carbocycles. The van der Waals surface area contributed by atoms with Crippen LogP contribution in [-0.4, -0.2) is 29.2 Å². The summed E-state index contributed by atoms with van der Waals surface area (Å²) < 4.78 is 10.6. The molecule has 0 spiro atoms. The van der Waals surface area contributed by atoms with E-state index in [0.29, 0.717) is 27.3 Å². The van der Waals surface area contributed by atoms with Crippen molar-refractivity contribution < 1.29 is 14.3 Å². The van der Waals surface area contributed by atoms with Crippen molar-refractivity contribution >= 4 is 50.2 Å². The van der Waals surface area contributed by atoms with E-state index in [1.807, 2.05) is 31.2 Å². The van der Waals surface area contributed by atoms with Crippen LogP contribution in [0, 0.1) is 6.92 Å². The van der Waals surface area contributed by atoms with Gasteiger partial charge in [0.25, 0.3) is 5.56 Å². The number of aromatic amines is 1. The van der Waals surface area contributed by atoms with Gasteiger partial charge in [0.05, 0.1) is 23.6 Å². The van der Waals surface area contributed by atoms with E-state index in [-0.39, 0.29) is 23.0 Å². The first-order valence-electron chi connectivity index (χ1n) is 9.25. The van der Waals surface area contributed by atoms with Crippen molar-refractivity contribution in [3.63, 3.8) is 0 Å². The van der Waals surface area contributed by atoms with Crippen LogP contribution < -0.4 is 10.3 Å². The topological polar surface area (TPSA) is 81.3 Å². The number of H-pyrrole nitrogens is 1. The lowest BCUT2D eigenvalue weighted by Crippen LogP contribution is -2.10. The Labute approximate surface area is 177 Å². The number of benzene rings is 1. The number of ether oxygens (including phenoxy) is 2. The van der Waals surface area contributed by atoms with Gasteiger partial charge in [-0.1, -0.05) is 30.7 Å². The molecule has 29 heavy (non-hydrogen) atoms. The van der Waals surface area contributed by atoms with E-state index in [0.717, 1.165) is 29.1 Å². The summed E-state index contributed by atoms with van der Waals surface area (Å²) in [4.78, 5) is 32.6. The van der Waals surface area contributed by atoms with E-state index in [2.05, 4.69) is 9.97 Å². The molecule has 0 saturated heterocycles. The summed E-state index contributed by atoms with van der Waals surface area (Å²) in [5, 5.41) is 0.665. The number of thiophene rings is 1. The van der Waals surface area contributed by atoms with Gasteiger partial charge in [0.2, 0.25) is 0 Å². The predicted molar refractivity (Wildman–Crippen MR) is 117 cm³/mol. The molecule has 0 bridgehead atoms. The summed E-state index contributed by atoms with van der Waals surface area (Å²) in [6.07, 6.45) is 2.65. The first kappa shape index (κ1) is 21.1. The first-order chi connectivity index (χ1) is 13.9. The summed E-state index contributed by atoms with van der Waals surface area (Å²) in [6.45, 7) is 6.41. The fraction of sp³-hybridized carbons (Fsp3) is 0.286. The molecule has 3 aromatic rings. The highest BCUT2D eigenvalue weighted by Gasteiger charge is 2.20. The molecule has 0 fully saturated rings. The molecule has 6 nitrogen and oxygen atoms in total. The van der Waals surface area contributed by atoms with Gasteiger partial charge in [-0.2, -0.15) is 0 Å². The molecule has 8 heteroatoms. The highest BCUT2D eigenvalue weighted by Crippen LogP contribution is 2.29. The fourth-order valence-electron chi connectivity index (χ4n) is 2.74. The van der Waals surface area contributed by atoms with Crippen LogP contribution >= 0.6 is 22.9 Å². The summed E-state index contributed by atoms with van der Waals surface area (Å²) in [6, 6.07) is 7.47. The number of esters is 1. The second kappa shape index (κ2) is 9.24. The van der Waals surface area contributed by atoms with Crippen molar-refractivity contribution in [1.82, 2.24) is 9.97 Å². The zero-order valence-electron chi connectivity index (χ0n) is 16.4. The standard InChI is InChI=1S/C21H21ClN2O4S/c1-4-10-28-14-8-6-13(7-9-14)11-15(22)18-23-19(25)16-12(3)17(21(26)27-5-2)29-20(16)24-18/h6-9,11H,4-5,10H2,1-3H3,(H,23,24,25)/b15-11-. The smallest absolute Gasteiger partial charge is 0.348 e. The van der Waals surface area contributed by atoms with Gasteiger partial charge in [0.1, 0.15) is 15.5 Å². The highest BCUT2D eigenvalue weighted by atomic mass is 35.5. The van der Waals surface area contributed by atoms with Crippen molar-refractivity contribution in [2.45, 2.75) is 27.2 Å². The maximum absolute atomic E-state index is 12.6. The molecule has 1 aromatic carbocycles. The number of rotatable bonds is 7. The van der Waals surface area contributed by atoms with Crippen LogP contribution in [-0.2, 0) is 4.74 Å². The van der Waals surface area contributed by atoms with E-state index >= 15 is 0 Å². The van der Waals surface area contributed by atoms with Gasteiger partial charge < -0.3 is 14.5 Å². The normalized spacial score (nSPS) is 11.7. The van der Waals surface area contributed by atoms with E-state index in [9.17, 15) is 9.59 Å². The Morgan fingerprint density at radius 2 is 2.00 bits per heavy atom. The summed E-state index contributed by atoms with van der Waals surface area (Å²) >= 11 is 7.53. The van der Waals surface area contributed by atoms with Crippen molar-refractivity contribution in [2.75, 3.05) is 13.2 Å². The summed E-state index contributed by atoms with van der Waals surface area (Å²) in [7, 11) is 0. The minimum Gasteiger partial charge on any atom is -0.494 e. The molecule has 2 aromatic heterocycles. The molecule has 0 amide bonds. The molecule has 0 aliphatic heterocycles. The average Bonchev–Trinajstić information content (AvgIpc) is 3.04. The third kappa shape index (κ3) is 4.68. The molecule has 0 radical (unpaired) electrons. The Hall–Kier alpha value is -2.64. The predicted octanol–water partition coefficient (Wildman–Crippen LogP) is 5.00. The van der Waals surface area contributed by atoms with Crippen molar-refractivity contribution in [3.05, 3.63) is 56.4 Å².